The first kappa shape index (κ1) is 13.8. The van der Waals surface area contributed by atoms with Crippen LogP contribution in [0.1, 0.15) is 46.0 Å². The summed E-state index contributed by atoms with van der Waals surface area (Å²) in [7, 11) is 2.22. The number of hydrogen-bond acceptors (Lipinski definition) is 3. The summed E-state index contributed by atoms with van der Waals surface area (Å²) in [5.41, 5.74) is 0. The van der Waals surface area contributed by atoms with E-state index in [4.69, 9.17) is 0 Å². The molecule has 0 radical (unpaired) electrons. The fourth-order valence-electron chi connectivity index (χ4n) is 3.59. The van der Waals surface area contributed by atoms with Crippen LogP contribution < -0.4 is 0 Å². The molecule has 1 saturated heterocycles. The maximum Gasteiger partial charge on any atom is 0.0672 e. The molecule has 1 saturated carbocycles. The maximum absolute atomic E-state index is 9.41. The van der Waals surface area contributed by atoms with Crippen LogP contribution >= 0.6 is 0 Å². The fourth-order valence-corrected chi connectivity index (χ4v) is 3.59. The first-order valence-electron chi connectivity index (χ1n) is 7.49. The number of rotatable bonds is 1. The van der Waals surface area contributed by atoms with Gasteiger partial charge in [-0.2, -0.15) is 5.26 Å². The highest BCUT2D eigenvalue weighted by Gasteiger charge is 2.34. The predicted molar refractivity (Wildman–Crippen MR) is 74.2 cm³/mol. The van der Waals surface area contributed by atoms with Gasteiger partial charge in [0.05, 0.1) is 12.0 Å². The van der Waals surface area contributed by atoms with Gasteiger partial charge in [0.2, 0.25) is 0 Å². The van der Waals surface area contributed by atoms with Gasteiger partial charge in [0.25, 0.3) is 0 Å². The minimum absolute atomic E-state index is 0.260. The van der Waals surface area contributed by atoms with E-state index in [1.54, 1.807) is 0 Å². The quantitative estimate of drug-likeness (QED) is 0.669. The van der Waals surface area contributed by atoms with Crippen molar-refractivity contribution in [3.63, 3.8) is 0 Å². The number of likely N-dealkylation sites (N-methyl/N-ethyl adjacent to an activating group) is 1. The zero-order chi connectivity index (χ0) is 13.1. The van der Waals surface area contributed by atoms with Gasteiger partial charge >= 0.3 is 0 Å². The highest BCUT2D eigenvalue weighted by molar-refractivity contribution is 4.97. The Kier molecular flexibility index (Phi) is 4.64. The smallest absolute Gasteiger partial charge is 0.0672 e. The predicted octanol–water partition coefficient (Wildman–Crippen LogP) is 2.48. The third kappa shape index (κ3) is 2.87. The second-order valence-corrected chi connectivity index (χ2v) is 6.26. The van der Waals surface area contributed by atoms with E-state index in [1.165, 1.54) is 25.7 Å². The van der Waals surface area contributed by atoms with Gasteiger partial charge in [-0.05, 0) is 33.7 Å². The molecule has 0 amide bonds. The molecule has 0 aromatic heterocycles. The van der Waals surface area contributed by atoms with E-state index in [0.717, 1.165) is 19.5 Å². The maximum atomic E-state index is 9.41. The Hall–Kier alpha value is -0.590. The van der Waals surface area contributed by atoms with Gasteiger partial charge in [0.1, 0.15) is 0 Å². The minimum atomic E-state index is 0.260. The Morgan fingerprint density at radius 3 is 2.22 bits per heavy atom. The summed E-state index contributed by atoms with van der Waals surface area (Å²) in [5, 5.41) is 9.41. The van der Waals surface area contributed by atoms with Crippen LogP contribution in [0.2, 0.25) is 0 Å². The average Bonchev–Trinajstić information content (AvgIpc) is 2.60. The third-order valence-electron chi connectivity index (χ3n) is 5.00. The van der Waals surface area contributed by atoms with Crippen LogP contribution in [0.4, 0.5) is 0 Å². The lowest BCUT2D eigenvalue weighted by Crippen LogP contribution is -2.58. The Morgan fingerprint density at radius 1 is 1.00 bits per heavy atom. The topological polar surface area (TPSA) is 30.3 Å². The number of hydrogen-bond donors (Lipinski definition) is 0. The van der Waals surface area contributed by atoms with Crippen LogP contribution in [0.25, 0.3) is 0 Å². The van der Waals surface area contributed by atoms with Crippen LogP contribution in [0, 0.1) is 17.2 Å². The van der Waals surface area contributed by atoms with E-state index in [1.807, 2.05) is 0 Å². The monoisotopic (exact) mass is 249 g/mol. The van der Waals surface area contributed by atoms with Gasteiger partial charge in [-0.15, -0.1) is 0 Å². The second kappa shape index (κ2) is 6.04. The molecule has 2 fully saturated rings. The lowest BCUT2D eigenvalue weighted by atomic mass is 9.93. The highest BCUT2D eigenvalue weighted by Crippen LogP contribution is 2.29. The zero-order valence-corrected chi connectivity index (χ0v) is 12.1. The molecule has 0 aromatic carbocycles. The van der Waals surface area contributed by atoms with Gasteiger partial charge in [-0.3, -0.25) is 9.80 Å². The largest absolute Gasteiger partial charge is 0.298 e. The molecule has 0 N–H and O–H groups in total. The normalized spacial score (nSPS) is 40.1. The van der Waals surface area contributed by atoms with Gasteiger partial charge in [0, 0.05) is 31.2 Å². The molecule has 4 atom stereocenters. The van der Waals surface area contributed by atoms with Gasteiger partial charge < -0.3 is 0 Å². The van der Waals surface area contributed by atoms with Crippen LogP contribution in [0.5, 0.6) is 0 Å². The van der Waals surface area contributed by atoms with Crippen LogP contribution in [0.15, 0.2) is 0 Å². The first-order chi connectivity index (χ1) is 8.63. The minimum Gasteiger partial charge on any atom is -0.298 e. The van der Waals surface area contributed by atoms with E-state index in [2.05, 4.69) is 36.8 Å². The van der Waals surface area contributed by atoms with Crippen molar-refractivity contribution in [1.29, 1.82) is 5.26 Å². The molecule has 3 heteroatoms. The fraction of sp³-hybridized carbons (Fsp3) is 0.933. The molecule has 4 unspecified atom stereocenters. The van der Waals surface area contributed by atoms with Gasteiger partial charge in [0.15, 0.2) is 0 Å². The van der Waals surface area contributed by atoms with E-state index in [-0.39, 0.29) is 5.92 Å². The molecule has 2 aliphatic rings. The van der Waals surface area contributed by atoms with Crippen molar-refractivity contribution in [3.05, 3.63) is 0 Å². The second-order valence-electron chi connectivity index (χ2n) is 6.26. The summed E-state index contributed by atoms with van der Waals surface area (Å²) in [6, 6.07) is 4.30. The number of piperazine rings is 1. The van der Waals surface area contributed by atoms with Crippen LogP contribution in [-0.4, -0.2) is 48.1 Å². The number of nitriles is 1. The molecule has 0 spiro atoms. The van der Waals surface area contributed by atoms with E-state index in [0.29, 0.717) is 18.1 Å². The molecule has 0 aromatic rings. The van der Waals surface area contributed by atoms with E-state index >= 15 is 0 Å². The Labute approximate surface area is 112 Å². The number of nitrogens with zero attached hydrogens (tertiary/aromatic N) is 3. The molecule has 0 bridgehead atoms. The molecular weight excluding hydrogens is 222 g/mol. The van der Waals surface area contributed by atoms with Crippen LogP contribution in [0.3, 0.4) is 0 Å². The molecule has 18 heavy (non-hydrogen) atoms. The SMILES string of the molecule is CC1CN(C2CCCCCC2C#N)CC(C)N1C. The summed E-state index contributed by atoms with van der Waals surface area (Å²) in [5.74, 6) is 0.260. The molecule has 1 aliphatic carbocycles. The molecule has 2 rings (SSSR count). The van der Waals surface area contributed by atoms with Crippen LogP contribution in [-0.2, 0) is 0 Å². The Bertz CT molecular complexity index is 297. The summed E-state index contributed by atoms with van der Waals surface area (Å²) < 4.78 is 0. The summed E-state index contributed by atoms with van der Waals surface area (Å²) in [6.07, 6.45) is 6.19. The van der Waals surface area contributed by atoms with E-state index < -0.39 is 0 Å². The third-order valence-corrected chi connectivity index (χ3v) is 5.00. The summed E-state index contributed by atoms with van der Waals surface area (Å²) in [6.45, 7) is 6.87. The van der Waals surface area contributed by atoms with Crippen molar-refractivity contribution in [2.75, 3.05) is 20.1 Å². The first-order valence-corrected chi connectivity index (χ1v) is 7.49. The van der Waals surface area contributed by atoms with Crippen molar-refractivity contribution in [2.45, 2.75) is 64.1 Å². The van der Waals surface area contributed by atoms with Crippen molar-refractivity contribution in [1.82, 2.24) is 9.80 Å². The van der Waals surface area contributed by atoms with Gasteiger partial charge in [-0.1, -0.05) is 19.3 Å². The lowest BCUT2D eigenvalue weighted by molar-refractivity contribution is 0.0209. The van der Waals surface area contributed by atoms with Crippen molar-refractivity contribution >= 4 is 0 Å². The molecule has 1 aliphatic heterocycles. The molecule has 102 valence electrons. The zero-order valence-electron chi connectivity index (χ0n) is 12.1. The molecule has 1 heterocycles. The standard InChI is InChI=1S/C15H27N3/c1-12-10-18(11-13(2)17(12)3)15-8-6-4-5-7-14(15)9-16/h12-15H,4-8,10-11H2,1-3H3. The Balaban J connectivity index is 2.06. The Morgan fingerprint density at radius 2 is 1.61 bits per heavy atom. The van der Waals surface area contributed by atoms with E-state index in [9.17, 15) is 5.26 Å². The highest BCUT2D eigenvalue weighted by atomic mass is 15.3. The molecular formula is C15H27N3. The van der Waals surface area contributed by atoms with Gasteiger partial charge in [-0.25, -0.2) is 0 Å². The lowest BCUT2D eigenvalue weighted by Gasteiger charge is -2.46. The van der Waals surface area contributed by atoms with Crippen molar-refractivity contribution < 1.29 is 0 Å². The summed E-state index contributed by atoms with van der Waals surface area (Å²) >= 11 is 0. The van der Waals surface area contributed by atoms with Crippen molar-refractivity contribution in [2.24, 2.45) is 5.92 Å². The molecule has 3 nitrogen and oxygen atoms in total. The average molecular weight is 249 g/mol. The van der Waals surface area contributed by atoms with Crippen molar-refractivity contribution in [3.8, 4) is 6.07 Å². The summed E-state index contributed by atoms with van der Waals surface area (Å²) in [4.78, 5) is 5.07.